The summed E-state index contributed by atoms with van der Waals surface area (Å²) in [7, 11) is 0. The molecule has 1 N–H and O–H groups in total. The predicted octanol–water partition coefficient (Wildman–Crippen LogP) is 0.971. The van der Waals surface area contributed by atoms with Gasteiger partial charge in [0, 0.05) is 6.54 Å². The van der Waals surface area contributed by atoms with Crippen LogP contribution in [0.3, 0.4) is 0 Å². The molecule has 3 heterocycles. The van der Waals surface area contributed by atoms with Crippen molar-refractivity contribution in [3.8, 4) is 0 Å². The summed E-state index contributed by atoms with van der Waals surface area (Å²) in [5.74, 6) is 0.396. The van der Waals surface area contributed by atoms with Gasteiger partial charge in [0.25, 0.3) is 0 Å². The standard InChI is InChI=1S/C14H13FN6O/c15-10-3-1-9(2-4-10)12-7-11(22)8-20(12)14-6-5-13-16-18-19-21(13)17-14/h1-6,11-12,22H,7-8H2/t11-,12+/m1/s1. The minimum Gasteiger partial charge on any atom is -0.391 e. The number of halogens is 1. The third-order valence-corrected chi connectivity index (χ3v) is 3.88. The van der Waals surface area contributed by atoms with Crippen molar-refractivity contribution in [1.29, 1.82) is 0 Å². The highest BCUT2D eigenvalue weighted by Crippen LogP contribution is 2.35. The van der Waals surface area contributed by atoms with E-state index >= 15 is 0 Å². The van der Waals surface area contributed by atoms with Crippen molar-refractivity contribution >= 4 is 11.5 Å². The van der Waals surface area contributed by atoms with Crippen molar-refractivity contribution in [3.63, 3.8) is 0 Å². The minimum atomic E-state index is -0.457. The molecule has 1 aliphatic heterocycles. The zero-order valence-corrected chi connectivity index (χ0v) is 11.5. The third kappa shape index (κ3) is 2.17. The molecule has 0 spiro atoms. The summed E-state index contributed by atoms with van der Waals surface area (Å²) in [5, 5.41) is 25.6. The molecule has 1 aliphatic rings. The van der Waals surface area contributed by atoms with E-state index in [9.17, 15) is 9.50 Å². The van der Waals surface area contributed by atoms with Gasteiger partial charge in [-0.25, -0.2) is 4.39 Å². The second-order valence-electron chi connectivity index (χ2n) is 5.33. The van der Waals surface area contributed by atoms with Gasteiger partial charge in [-0.05, 0) is 46.7 Å². The average molecular weight is 300 g/mol. The van der Waals surface area contributed by atoms with E-state index in [1.165, 1.54) is 16.8 Å². The molecule has 0 aliphatic carbocycles. The van der Waals surface area contributed by atoms with E-state index in [4.69, 9.17) is 0 Å². The Labute approximate surface area is 125 Å². The topological polar surface area (TPSA) is 79.4 Å². The van der Waals surface area contributed by atoms with E-state index in [1.54, 1.807) is 18.2 Å². The fourth-order valence-corrected chi connectivity index (χ4v) is 2.86. The normalized spacial score (nSPS) is 21.6. The first-order valence-electron chi connectivity index (χ1n) is 6.96. The monoisotopic (exact) mass is 300 g/mol. The molecule has 0 saturated carbocycles. The van der Waals surface area contributed by atoms with Crippen LogP contribution in [0.15, 0.2) is 36.4 Å². The number of hydrogen-bond donors (Lipinski definition) is 1. The molecule has 22 heavy (non-hydrogen) atoms. The Morgan fingerprint density at radius 3 is 2.77 bits per heavy atom. The largest absolute Gasteiger partial charge is 0.391 e. The molecule has 3 aromatic rings. The number of aromatic nitrogens is 5. The van der Waals surface area contributed by atoms with Crippen LogP contribution in [0.25, 0.3) is 5.65 Å². The Balaban J connectivity index is 1.72. The lowest BCUT2D eigenvalue weighted by atomic mass is 10.0. The van der Waals surface area contributed by atoms with Crippen LogP contribution in [0.5, 0.6) is 0 Å². The Morgan fingerprint density at radius 2 is 1.95 bits per heavy atom. The van der Waals surface area contributed by atoms with Crippen LogP contribution in [0.2, 0.25) is 0 Å². The van der Waals surface area contributed by atoms with E-state index in [-0.39, 0.29) is 11.9 Å². The van der Waals surface area contributed by atoms with Gasteiger partial charge in [-0.1, -0.05) is 12.1 Å². The van der Waals surface area contributed by atoms with Crippen molar-refractivity contribution < 1.29 is 9.50 Å². The van der Waals surface area contributed by atoms with Crippen LogP contribution in [-0.2, 0) is 0 Å². The number of anilines is 1. The smallest absolute Gasteiger partial charge is 0.200 e. The summed E-state index contributed by atoms with van der Waals surface area (Å²) < 4.78 is 14.5. The molecule has 2 aromatic heterocycles. The molecule has 0 radical (unpaired) electrons. The van der Waals surface area contributed by atoms with Crippen LogP contribution in [0.1, 0.15) is 18.0 Å². The highest BCUT2D eigenvalue weighted by molar-refractivity contribution is 5.48. The lowest BCUT2D eigenvalue weighted by Crippen LogP contribution is -2.25. The van der Waals surface area contributed by atoms with Gasteiger partial charge in [0.1, 0.15) is 5.82 Å². The maximum absolute atomic E-state index is 13.1. The van der Waals surface area contributed by atoms with Crippen molar-refractivity contribution in [2.24, 2.45) is 0 Å². The van der Waals surface area contributed by atoms with Gasteiger partial charge >= 0.3 is 0 Å². The second kappa shape index (κ2) is 4.99. The molecule has 1 fully saturated rings. The lowest BCUT2D eigenvalue weighted by molar-refractivity contribution is 0.194. The van der Waals surface area contributed by atoms with E-state index in [1.807, 2.05) is 11.0 Å². The molecule has 1 saturated heterocycles. The zero-order chi connectivity index (χ0) is 15.1. The summed E-state index contributed by atoms with van der Waals surface area (Å²) in [5.41, 5.74) is 1.50. The number of rotatable bonds is 2. The van der Waals surface area contributed by atoms with E-state index in [2.05, 4.69) is 20.6 Å². The first-order valence-corrected chi connectivity index (χ1v) is 6.96. The van der Waals surface area contributed by atoms with E-state index in [0.29, 0.717) is 24.4 Å². The summed E-state index contributed by atoms with van der Waals surface area (Å²) in [6.07, 6.45) is 0.113. The van der Waals surface area contributed by atoms with Gasteiger partial charge in [-0.2, -0.15) is 0 Å². The fraction of sp³-hybridized carbons (Fsp3) is 0.286. The number of nitrogens with zero attached hydrogens (tertiary/aromatic N) is 6. The summed E-state index contributed by atoms with van der Waals surface area (Å²) in [4.78, 5) is 1.99. The third-order valence-electron chi connectivity index (χ3n) is 3.88. The van der Waals surface area contributed by atoms with E-state index in [0.717, 1.165) is 5.56 Å². The predicted molar refractivity (Wildman–Crippen MR) is 75.7 cm³/mol. The van der Waals surface area contributed by atoms with Crippen LogP contribution < -0.4 is 4.90 Å². The molecule has 8 heteroatoms. The van der Waals surface area contributed by atoms with Crippen LogP contribution in [-0.4, -0.2) is 43.0 Å². The molecule has 1 aromatic carbocycles. The van der Waals surface area contributed by atoms with Crippen molar-refractivity contribution in [2.75, 3.05) is 11.4 Å². The Bertz CT molecular complexity index is 804. The van der Waals surface area contributed by atoms with Gasteiger partial charge in [-0.15, -0.1) is 14.8 Å². The molecule has 0 amide bonds. The molecule has 0 bridgehead atoms. The molecule has 4 rings (SSSR count). The number of fused-ring (bicyclic) bond motifs is 1. The maximum Gasteiger partial charge on any atom is 0.200 e. The summed E-state index contributed by atoms with van der Waals surface area (Å²) in [6, 6.07) is 9.86. The molecule has 7 nitrogen and oxygen atoms in total. The Hall–Kier alpha value is -2.61. The summed E-state index contributed by atoms with van der Waals surface area (Å²) >= 11 is 0. The number of β-amino-alcohol motifs (C(OH)–C–C–N with tert-alkyl or cyclic N) is 1. The molecule has 2 atom stereocenters. The molecular weight excluding hydrogens is 287 g/mol. The Morgan fingerprint density at radius 1 is 1.14 bits per heavy atom. The SMILES string of the molecule is O[C@@H]1C[C@@H](c2ccc(F)cc2)N(c2ccc3nnnn3n2)C1. The highest BCUT2D eigenvalue weighted by atomic mass is 19.1. The van der Waals surface area contributed by atoms with Gasteiger partial charge in [0.05, 0.1) is 12.1 Å². The summed E-state index contributed by atoms with van der Waals surface area (Å²) in [6.45, 7) is 0.461. The number of benzene rings is 1. The van der Waals surface area contributed by atoms with Crippen molar-refractivity contribution in [3.05, 3.63) is 47.8 Å². The Kier molecular flexibility index (Phi) is 2.97. The first kappa shape index (κ1) is 13.1. The average Bonchev–Trinajstić information content (AvgIpc) is 3.13. The maximum atomic E-state index is 13.1. The van der Waals surface area contributed by atoms with Crippen LogP contribution >= 0.6 is 0 Å². The van der Waals surface area contributed by atoms with Crippen molar-refractivity contribution in [2.45, 2.75) is 18.6 Å². The molecular formula is C14H13FN6O. The number of hydrogen-bond acceptors (Lipinski definition) is 6. The molecule has 0 unspecified atom stereocenters. The number of aliphatic hydroxyl groups is 1. The van der Waals surface area contributed by atoms with Gasteiger partial charge < -0.3 is 10.0 Å². The van der Waals surface area contributed by atoms with Crippen LogP contribution in [0, 0.1) is 5.82 Å². The van der Waals surface area contributed by atoms with Gasteiger partial charge in [0.15, 0.2) is 11.5 Å². The van der Waals surface area contributed by atoms with Crippen LogP contribution in [0.4, 0.5) is 10.2 Å². The molecule has 112 valence electrons. The fourth-order valence-electron chi connectivity index (χ4n) is 2.86. The van der Waals surface area contributed by atoms with E-state index < -0.39 is 6.10 Å². The van der Waals surface area contributed by atoms with Gasteiger partial charge in [-0.3, -0.25) is 0 Å². The highest BCUT2D eigenvalue weighted by Gasteiger charge is 2.33. The second-order valence-corrected chi connectivity index (χ2v) is 5.33. The zero-order valence-electron chi connectivity index (χ0n) is 11.5. The lowest BCUT2D eigenvalue weighted by Gasteiger charge is -2.25. The minimum absolute atomic E-state index is 0.0583. The quantitative estimate of drug-likeness (QED) is 0.759. The number of tetrazole rings is 1. The number of aliphatic hydroxyl groups excluding tert-OH is 1. The first-order chi connectivity index (χ1) is 10.7. The van der Waals surface area contributed by atoms with Crippen molar-refractivity contribution in [1.82, 2.24) is 25.3 Å². The van der Waals surface area contributed by atoms with Gasteiger partial charge in [0.2, 0.25) is 0 Å².